The molecular formula is C28H28F2N2O3. The highest BCUT2D eigenvalue weighted by molar-refractivity contribution is 5.96. The van der Waals surface area contributed by atoms with E-state index in [1.165, 1.54) is 6.07 Å². The molecule has 3 aromatic carbocycles. The molecule has 0 unspecified atom stereocenters. The van der Waals surface area contributed by atoms with Crippen LogP contribution < -0.4 is 15.2 Å². The minimum absolute atomic E-state index is 0.0621. The van der Waals surface area contributed by atoms with Crippen molar-refractivity contribution < 1.29 is 23.4 Å². The summed E-state index contributed by atoms with van der Waals surface area (Å²) in [7, 11) is 0. The molecule has 0 spiro atoms. The third-order valence-electron chi connectivity index (χ3n) is 6.70. The Morgan fingerprint density at radius 2 is 1.86 bits per heavy atom. The lowest BCUT2D eigenvalue weighted by Crippen LogP contribution is -2.49. The summed E-state index contributed by atoms with van der Waals surface area (Å²) in [6, 6.07) is 17.4. The first-order valence-corrected chi connectivity index (χ1v) is 11.7. The van der Waals surface area contributed by atoms with Gasteiger partial charge in [-0.05, 0) is 66.1 Å². The van der Waals surface area contributed by atoms with Gasteiger partial charge in [-0.2, -0.15) is 0 Å². The Hall–Kier alpha value is -3.58. The summed E-state index contributed by atoms with van der Waals surface area (Å²) in [5, 5.41) is 10.0. The zero-order chi connectivity index (χ0) is 24.5. The third kappa shape index (κ3) is 4.68. The Labute approximate surface area is 203 Å². The zero-order valence-electron chi connectivity index (χ0n) is 19.5. The highest BCUT2D eigenvalue weighted by atomic mass is 19.1. The van der Waals surface area contributed by atoms with Crippen LogP contribution in [0.1, 0.15) is 29.7 Å². The fourth-order valence-electron chi connectivity index (χ4n) is 4.74. The topological polar surface area (TPSA) is 68.0 Å². The molecule has 0 amide bonds. The summed E-state index contributed by atoms with van der Waals surface area (Å²) in [5.74, 6) is 1.23. The van der Waals surface area contributed by atoms with Gasteiger partial charge in [0.1, 0.15) is 35.8 Å². The molecule has 35 heavy (non-hydrogen) atoms. The SMILES string of the molecule is CC1=C(c2ccc(F)c(N)c2)[C@@H](c2ccc(OCCN3CC(CF)C3)cc2)Oc2ccc(O)cc21. The van der Waals surface area contributed by atoms with Gasteiger partial charge in [0, 0.05) is 36.7 Å². The van der Waals surface area contributed by atoms with Crippen molar-refractivity contribution in [3.8, 4) is 17.2 Å². The zero-order valence-corrected chi connectivity index (χ0v) is 19.5. The predicted octanol–water partition coefficient (Wildman–Crippen LogP) is 5.46. The number of phenols is 1. The first-order valence-electron chi connectivity index (χ1n) is 11.7. The molecule has 7 heteroatoms. The van der Waals surface area contributed by atoms with Gasteiger partial charge >= 0.3 is 0 Å². The van der Waals surface area contributed by atoms with Gasteiger partial charge in [-0.3, -0.25) is 9.29 Å². The minimum atomic E-state index is -0.474. The van der Waals surface area contributed by atoms with Crippen LogP contribution in [-0.2, 0) is 0 Å². The van der Waals surface area contributed by atoms with E-state index in [0.29, 0.717) is 12.4 Å². The maximum atomic E-state index is 13.9. The number of nitrogens with two attached hydrogens (primary N) is 1. The Kier molecular flexibility index (Phi) is 6.34. The Morgan fingerprint density at radius 3 is 2.57 bits per heavy atom. The lowest BCUT2D eigenvalue weighted by molar-refractivity contribution is 0.0668. The van der Waals surface area contributed by atoms with Crippen molar-refractivity contribution in [1.82, 2.24) is 4.90 Å². The van der Waals surface area contributed by atoms with E-state index in [-0.39, 0.29) is 24.0 Å². The van der Waals surface area contributed by atoms with Crippen molar-refractivity contribution in [3.05, 3.63) is 83.2 Å². The van der Waals surface area contributed by atoms with Gasteiger partial charge in [0.05, 0.1) is 12.4 Å². The number of hydrogen-bond acceptors (Lipinski definition) is 5. The second-order valence-corrected chi connectivity index (χ2v) is 9.15. The molecule has 2 aliphatic rings. The number of nitrogen functional groups attached to an aromatic ring is 1. The molecule has 1 saturated heterocycles. The summed E-state index contributed by atoms with van der Waals surface area (Å²) in [6.45, 7) is 4.59. The molecule has 0 bridgehead atoms. The molecule has 0 saturated carbocycles. The molecule has 2 heterocycles. The van der Waals surface area contributed by atoms with Gasteiger partial charge in [0.2, 0.25) is 0 Å². The number of aromatic hydroxyl groups is 1. The lowest BCUT2D eigenvalue weighted by Gasteiger charge is -2.37. The standard InChI is InChI=1S/C28H28F2N2O3/c1-17-23-13-21(33)5-9-26(23)35-28(27(17)20-4-8-24(30)25(31)12-20)19-2-6-22(7-3-19)34-11-10-32-15-18(14-29)16-32/h2-9,12-13,18,28,33H,10-11,14-16,31H2,1H3/t28-/m1/s1. The largest absolute Gasteiger partial charge is 0.508 e. The van der Waals surface area contributed by atoms with Crippen LogP contribution in [0.15, 0.2) is 60.7 Å². The average Bonchev–Trinajstić information content (AvgIpc) is 2.83. The van der Waals surface area contributed by atoms with E-state index < -0.39 is 11.9 Å². The second-order valence-electron chi connectivity index (χ2n) is 9.15. The van der Waals surface area contributed by atoms with Crippen LogP contribution in [0.4, 0.5) is 14.5 Å². The molecule has 3 N–H and O–H groups in total. The van der Waals surface area contributed by atoms with Gasteiger partial charge < -0.3 is 20.3 Å². The van der Waals surface area contributed by atoms with Gasteiger partial charge in [-0.1, -0.05) is 18.2 Å². The average molecular weight is 479 g/mol. The van der Waals surface area contributed by atoms with E-state index in [2.05, 4.69) is 4.90 Å². The van der Waals surface area contributed by atoms with Crippen LogP contribution in [0, 0.1) is 11.7 Å². The van der Waals surface area contributed by atoms with Gasteiger partial charge in [0.15, 0.2) is 0 Å². The van der Waals surface area contributed by atoms with Crippen LogP contribution in [-0.4, -0.2) is 42.9 Å². The number of rotatable bonds is 7. The van der Waals surface area contributed by atoms with Gasteiger partial charge in [0.25, 0.3) is 0 Å². The number of halogens is 2. The summed E-state index contributed by atoms with van der Waals surface area (Å²) >= 11 is 0. The van der Waals surface area contributed by atoms with Crippen molar-refractivity contribution >= 4 is 16.8 Å². The van der Waals surface area contributed by atoms with E-state index in [1.54, 1.807) is 30.3 Å². The fraction of sp³-hybridized carbons (Fsp3) is 0.286. The van der Waals surface area contributed by atoms with E-state index in [0.717, 1.165) is 53.2 Å². The molecule has 2 aliphatic heterocycles. The number of likely N-dealkylation sites (tertiary alicyclic amines) is 1. The molecule has 1 fully saturated rings. The van der Waals surface area contributed by atoms with Gasteiger partial charge in [-0.25, -0.2) is 4.39 Å². The summed E-state index contributed by atoms with van der Waals surface area (Å²) in [5.41, 5.74) is 10.1. The van der Waals surface area contributed by atoms with Crippen molar-refractivity contribution in [2.45, 2.75) is 13.0 Å². The Morgan fingerprint density at radius 1 is 1.09 bits per heavy atom. The number of benzene rings is 3. The van der Waals surface area contributed by atoms with Crippen LogP contribution in [0.25, 0.3) is 11.1 Å². The highest BCUT2D eigenvalue weighted by Gasteiger charge is 2.30. The Balaban J connectivity index is 1.40. The molecule has 5 rings (SSSR count). The quantitative estimate of drug-likeness (QED) is 0.442. The lowest BCUT2D eigenvalue weighted by atomic mass is 9.86. The third-order valence-corrected chi connectivity index (χ3v) is 6.70. The Bertz CT molecular complexity index is 1250. The highest BCUT2D eigenvalue weighted by Crippen LogP contribution is 2.47. The molecular weight excluding hydrogens is 450 g/mol. The minimum Gasteiger partial charge on any atom is -0.508 e. The number of hydrogen-bond donors (Lipinski definition) is 2. The van der Waals surface area contributed by atoms with Crippen molar-refractivity contribution in [3.63, 3.8) is 0 Å². The number of alkyl halides is 1. The van der Waals surface area contributed by atoms with Crippen LogP contribution in [0.5, 0.6) is 17.2 Å². The number of fused-ring (bicyclic) bond motifs is 1. The van der Waals surface area contributed by atoms with E-state index in [1.807, 2.05) is 31.2 Å². The maximum absolute atomic E-state index is 13.9. The normalized spacial score (nSPS) is 18.1. The van der Waals surface area contributed by atoms with E-state index >= 15 is 0 Å². The van der Waals surface area contributed by atoms with Crippen LogP contribution >= 0.6 is 0 Å². The monoisotopic (exact) mass is 478 g/mol. The molecule has 1 atom stereocenters. The maximum Gasteiger partial charge on any atom is 0.150 e. The van der Waals surface area contributed by atoms with Crippen molar-refractivity contribution in [2.24, 2.45) is 5.92 Å². The number of phenolic OH excluding ortho intramolecular Hbond substituents is 1. The summed E-state index contributed by atoms with van der Waals surface area (Å²) in [6.07, 6.45) is -0.454. The molecule has 0 radical (unpaired) electrons. The summed E-state index contributed by atoms with van der Waals surface area (Å²) in [4.78, 5) is 2.18. The van der Waals surface area contributed by atoms with Crippen LogP contribution in [0.2, 0.25) is 0 Å². The molecule has 3 aromatic rings. The first-order chi connectivity index (χ1) is 16.9. The molecule has 5 nitrogen and oxygen atoms in total. The number of anilines is 1. The number of allylic oxidation sites excluding steroid dienone is 1. The van der Waals surface area contributed by atoms with Crippen molar-refractivity contribution in [1.29, 1.82) is 0 Å². The number of ether oxygens (including phenoxy) is 2. The van der Waals surface area contributed by atoms with E-state index in [9.17, 15) is 13.9 Å². The van der Waals surface area contributed by atoms with Crippen molar-refractivity contribution in [2.75, 3.05) is 38.6 Å². The molecule has 0 aromatic heterocycles. The smallest absolute Gasteiger partial charge is 0.150 e. The molecule has 182 valence electrons. The second kappa shape index (κ2) is 9.58. The van der Waals surface area contributed by atoms with Gasteiger partial charge in [-0.15, -0.1) is 0 Å². The first kappa shape index (κ1) is 23.2. The fourth-order valence-corrected chi connectivity index (χ4v) is 4.74. The summed E-state index contributed by atoms with van der Waals surface area (Å²) < 4.78 is 38.8. The predicted molar refractivity (Wildman–Crippen MR) is 133 cm³/mol. The van der Waals surface area contributed by atoms with E-state index in [4.69, 9.17) is 15.2 Å². The number of nitrogens with zero attached hydrogens (tertiary/aromatic N) is 1. The molecule has 0 aliphatic carbocycles. The van der Waals surface area contributed by atoms with Crippen LogP contribution in [0.3, 0.4) is 0 Å².